The van der Waals surface area contributed by atoms with Crippen LogP contribution in [0.3, 0.4) is 0 Å². The molecule has 0 aliphatic heterocycles. The number of nitrogens with one attached hydrogen (secondary N) is 1. The second-order valence-corrected chi connectivity index (χ2v) is 8.34. The van der Waals surface area contributed by atoms with Crippen molar-refractivity contribution >= 4 is 28.7 Å². The highest BCUT2D eigenvalue weighted by Gasteiger charge is 2.12. The Hall–Kier alpha value is -4.23. The molecule has 0 unspecified atom stereocenters. The van der Waals surface area contributed by atoms with E-state index in [2.05, 4.69) is 29.6 Å². The number of carboxylic acids is 1. The van der Waals surface area contributed by atoms with E-state index in [1.165, 1.54) is 6.08 Å². The lowest BCUT2D eigenvalue weighted by Gasteiger charge is -2.06. The Kier molecular flexibility index (Phi) is 7.70. The average molecular weight is 469 g/mol. The first-order chi connectivity index (χ1) is 17.0. The summed E-state index contributed by atoms with van der Waals surface area (Å²) < 4.78 is 1.81. The number of carboxylic acid groups (broad SMARTS) is 1. The van der Waals surface area contributed by atoms with E-state index >= 15 is 0 Å². The summed E-state index contributed by atoms with van der Waals surface area (Å²) in [4.78, 5) is 23.1. The Bertz CT molecular complexity index is 1340. The van der Waals surface area contributed by atoms with Crippen LogP contribution >= 0.6 is 0 Å². The van der Waals surface area contributed by atoms with Gasteiger partial charge in [-0.3, -0.25) is 9.59 Å². The summed E-state index contributed by atoms with van der Waals surface area (Å²) in [5.41, 5.74) is 9.01. The predicted molar refractivity (Wildman–Crippen MR) is 138 cm³/mol. The van der Waals surface area contributed by atoms with E-state index in [-0.39, 0.29) is 5.91 Å². The molecule has 4 N–H and O–H groups in total. The molecule has 1 atom stereocenters. The van der Waals surface area contributed by atoms with Gasteiger partial charge in [0.1, 0.15) is 6.04 Å². The Labute approximate surface area is 203 Å². The lowest BCUT2D eigenvalue weighted by molar-refractivity contribution is -0.138. The molecule has 35 heavy (non-hydrogen) atoms. The summed E-state index contributed by atoms with van der Waals surface area (Å²) in [5, 5.41) is 18.8. The molecule has 3 aromatic carbocycles. The molecule has 178 valence electrons. The number of nitrogens with two attached hydrogens (primary N) is 1. The number of hydrogen-bond donors (Lipinski definition) is 3. The van der Waals surface area contributed by atoms with Gasteiger partial charge in [0.15, 0.2) is 0 Å². The van der Waals surface area contributed by atoms with Crippen molar-refractivity contribution in [2.75, 3.05) is 6.54 Å². The first kappa shape index (κ1) is 23.9. The highest BCUT2D eigenvalue weighted by molar-refractivity contribution is 5.93. The van der Waals surface area contributed by atoms with E-state index in [9.17, 15) is 9.59 Å². The SMILES string of the molecule is N[C@@H](CCCCNC(=O)C=Cc1cn(-c2ccccc2)nc1-c1ccc2ccccc2c1)C(=O)O. The van der Waals surface area contributed by atoms with E-state index in [0.717, 1.165) is 33.3 Å². The van der Waals surface area contributed by atoms with Gasteiger partial charge in [-0.15, -0.1) is 0 Å². The lowest BCUT2D eigenvalue weighted by Crippen LogP contribution is -2.30. The van der Waals surface area contributed by atoms with Crippen molar-refractivity contribution in [2.24, 2.45) is 5.73 Å². The molecule has 4 rings (SSSR count). The fourth-order valence-corrected chi connectivity index (χ4v) is 3.83. The van der Waals surface area contributed by atoms with Crippen LogP contribution in [0.5, 0.6) is 0 Å². The van der Waals surface area contributed by atoms with Gasteiger partial charge in [0.05, 0.1) is 11.4 Å². The predicted octanol–water partition coefficient (Wildman–Crippen LogP) is 4.40. The van der Waals surface area contributed by atoms with Gasteiger partial charge in [0.2, 0.25) is 5.91 Å². The van der Waals surface area contributed by atoms with Gasteiger partial charge in [-0.2, -0.15) is 5.10 Å². The molecule has 0 aliphatic carbocycles. The van der Waals surface area contributed by atoms with Crippen LogP contribution in [0.1, 0.15) is 24.8 Å². The number of nitrogens with zero attached hydrogens (tertiary/aromatic N) is 2. The minimum Gasteiger partial charge on any atom is -0.480 e. The number of aromatic nitrogens is 2. The number of carbonyl (C=O) groups excluding carboxylic acids is 1. The van der Waals surface area contributed by atoms with Gasteiger partial charge in [0, 0.05) is 29.9 Å². The summed E-state index contributed by atoms with van der Waals surface area (Å²) in [7, 11) is 0. The van der Waals surface area contributed by atoms with E-state index in [1.54, 1.807) is 6.08 Å². The van der Waals surface area contributed by atoms with Crippen molar-refractivity contribution in [3.05, 3.63) is 90.6 Å². The van der Waals surface area contributed by atoms with Crippen molar-refractivity contribution in [2.45, 2.75) is 25.3 Å². The molecular formula is C28H28N4O3. The molecule has 0 saturated carbocycles. The molecule has 1 amide bonds. The maximum atomic E-state index is 12.4. The standard InChI is InChI=1S/C28H28N4O3/c29-25(28(34)35)12-6-7-17-30-26(33)16-15-23-19-32(24-10-2-1-3-11-24)31-27(23)22-14-13-20-8-4-5-9-21(20)18-22/h1-5,8-11,13-16,18-19,25H,6-7,12,17,29H2,(H,30,33)(H,34,35)/t25-/m0/s1. The molecule has 0 aliphatic rings. The van der Waals surface area contributed by atoms with Crippen molar-refractivity contribution < 1.29 is 14.7 Å². The first-order valence-corrected chi connectivity index (χ1v) is 11.6. The monoisotopic (exact) mass is 468 g/mol. The highest BCUT2D eigenvalue weighted by atomic mass is 16.4. The van der Waals surface area contributed by atoms with E-state index in [4.69, 9.17) is 15.9 Å². The smallest absolute Gasteiger partial charge is 0.320 e. The molecular weight excluding hydrogens is 440 g/mol. The van der Waals surface area contributed by atoms with Crippen LogP contribution in [0, 0.1) is 0 Å². The maximum Gasteiger partial charge on any atom is 0.320 e. The summed E-state index contributed by atoms with van der Waals surface area (Å²) in [6.45, 7) is 0.455. The number of rotatable bonds is 10. The minimum atomic E-state index is -1.00. The number of unbranched alkanes of at least 4 members (excludes halogenated alkanes) is 1. The van der Waals surface area contributed by atoms with Crippen LogP contribution in [0.4, 0.5) is 0 Å². The molecule has 1 aromatic heterocycles. The molecule has 0 spiro atoms. The van der Waals surface area contributed by atoms with Gasteiger partial charge in [-0.1, -0.05) is 54.6 Å². The average Bonchev–Trinajstić information content (AvgIpc) is 3.31. The summed E-state index contributed by atoms with van der Waals surface area (Å²) in [6, 6.07) is 23.3. The molecule has 7 heteroatoms. The summed E-state index contributed by atoms with van der Waals surface area (Å²) >= 11 is 0. The molecule has 0 radical (unpaired) electrons. The first-order valence-electron chi connectivity index (χ1n) is 11.6. The third kappa shape index (κ3) is 6.22. The Morgan fingerprint density at radius 2 is 1.74 bits per heavy atom. The maximum absolute atomic E-state index is 12.4. The number of benzene rings is 3. The normalized spacial score (nSPS) is 12.1. The van der Waals surface area contributed by atoms with Crippen molar-refractivity contribution in [3.8, 4) is 16.9 Å². The lowest BCUT2D eigenvalue weighted by atomic mass is 10.0. The molecule has 0 fully saturated rings. The van der Waals surface area contributed by atoms with Crippen LogP contribution in [0.15, 0.2) is 85.1 Å². The van der Waals surface area contributed by atoms with E-state index in [1.807, 2.05) is 59.4 Å². The van der Waals surface area contributed by atoms with Crippen LogP contribution in [0.2, 0.25) is 0 Å². The number of amides is 1. The van der Waals surface area contributed by atoms with E-state index < -0.39 is 12.0 Å². The Morgan fingerprint density at radius 3 is 2.51 bits per heavy atom. The zero-order valence-electron chi connectivity index (χ0n) is 19.3. The topological polar surface area (TPSA) is 110 Å². The summed E-state index contributed by atoms with van der Waals surface area (Å²) in [5.74, 6) is -1.22. The third-order valence-electron chi connectivity index (χ3n) is 5.76. The van der Waals surface area contributed by atoms with Crippen LogP contribution in [-0.4, -0.2) is 39.4 Å². The molecule has 7 nitrogen and oxygen atoms in total. The third-order valence-corrected chi connectivity index (χ3v) is 5.76. The van der Waals surface area contributed by atoms with Crippen molar-refractivity contribution in [3.63, 3.8) is 0 Å². The molecule has 4 aromatic rings. The van der Waals surface area contributed by atoms with Crippen LogP contribution < -0.4 is 11.1 Å². The number of carbonyl (C=O) groups is 2. The zero-order chi connectivity index (χ0) is 24.6. The Morgan fingerprint density at radius 1 is 1.00 bits per heavy atom. The second kappa shape index (κ2) is 11.3. The minimum absolute atomic E-state index is 0.218. The van der Waals surface area contributed by atoms with E-state index in [0.29, 0.717) is 25.8 Å². The second-order valence-electron chi connectivity index (χ2n) is 8.34. The van der Waals surface area contributed by atoms with Crippen LogP contribution in [0.25, 0.3) is 33.8 Å². The van der Waals surface area contributed by atoms with Gasteiger partial charge >= 0.3 is 5.97 Å². The van der Waals surface area contributed by atoms with Crippen molar-refractivity contribution in [1.82, 2.24) is 15.1 Å². The highest BCUT2D eigenvalue weighted by Crippen LogP contribution is 2.28. The number of hydrogen-bond acceptors (Lipinski definition) is 4. The van der Waals surface area contributed by atoms with Gasteiger partial charge in [-0.25, -0.2) is 4.68 Å². The van der Waals surface area contributed by atoms with Crippen LogP contribution in [-0.2, 0) is 9.59 Å². The van der Waals surface area contributed by atoms with Gasteiger partial charge in [0.25, 0.3) is 0 Å². The fraction of sp³-hybridized carbons (Fsp3) is 0.179. The van der Waals surface area contributed by atoms with Crippen molar-refractivity contribution in [1.29, 1.82) is 0 Å². The molecule has 1 heterocycles. The quantitative estimate of drug-likeness (QED) is 0.236. The molecule has 0 saturated heterocycles. The summed E-state index contributed by atoms with van der Waals surface area (Å²) in [6.07, 6.45) is 6.86. The van der Waals surface area contributed by atoms with Gasteiger partial charge < -0.3 is 16.2 Å². The number of fused-ring (bicyclic) bond motifs is 1. The largest absolute Gasteiger partial charge is 0.480 e. The Balaban J connectivity index is 1.50. The number of para-hydroxylation sites is 1. The zero-order valence-corrected chi connectivity index (χ0v) is 19.3. The number of aliphatic carboxylic acids is 1. The van der Waals surface area contributed by atoms with Gasteiger partial charge in [-0.05, 0) is 54.3 Å². The fourth-order valence-electron chi connectivity index (χ4n) is 3.83. The molecule has 0 bridgehead atoms.